The standard InChI is InChI=1S/C15H12BrFN2O/c1-9(19)11-7-10(16)5-6-15(11)20-14-4-2-3-13(17)12(14)8-18/h2-7,9H,19H2,1H3. The summed E-state index contributed by atoms with van der Waals surface area (Å²) in [5.41, 5.74) is 6.55. The molecule has 5 heteroatoms. The fourth-order valence-electron chi connectivity index (χ4n) is 1.78. The maximum Gasteiger partial charge on any atom is 0.148 e. The summed E-state index contributed by atoms with van der Waals surface area (Å²) in [5.74, 6) is 0.0754. The molecule has 0 spiro atoms. The highest BCUT2D eigenvalue weighted by Gasteiger charge is 2.14. The van der Waals surface area contributed by atoms with Crippen molar-refractivity contribution in [3.05, 3.63) is 57.8 Å². The summed E-state index contributed by atoms with van der Waals surface area (Å²) in [6, 6.07) is 11.2. The van der Waals surface area contributed by atoms with Crippen LogP contribution in [0.4, 0.5) is 4.39 Å². The molecule has 0 aliphatic heterocycles. The van der Waals surface area contributed by atoms with Gasteiger partial charge in [-0.2, -0.15) is 5.26 Å². The second-order valence-corrected chi connectivity index (χ2v) is 5.21. The Hall–Kier alpha value is -1.90. The Morgan fingerprint density at radius 1 is 1.30 bits per heavy atom. The van der Waals surface area contributed by atoms with Crippen LogP contribution in [0.3, 0.4) is 0 Å². The van der Waals surface area contributed by atoms with Crippen LogP contribution in [0.1, 0.15) is 24.1 Å². The highest BCUT2D eigenvalue weighted by atomic mass is 79.9. The average molecular weight is 335 g/mol. The zero-order chi connectivity index (χ0) is 14.7. The summed E-state index contributed by atoms with van der Waals surface area (Å²) in [6.45, 7) is 1.82. The van der Waals surface area contributed by atoms with E-state index in [1.807, 2.05) is 13.0 Å². The number of rotatable bonds is 3. The highest BCUT2D eigenvalue weighted by molar-refractivity contribution is 9.10. The van der Waals surface area contributed by atoms with Gasteiger partial charge in [-0.15, -0.1) is 0 Å². The minimum Gasteiger partial charge on any atom is -0.456 e. The lowest BCUT2D eigenvalue weighted by atomic mass is 10.1. The molecule has 0 saturated carbocycles. The Labute approximate surface area is 124 Å². The van der Waals surface area contributed by atoms with E-state index in [4.69, 9.17) is 15.7 Å². The molecule has 1 atom stereocenters. The lowest BCUT2D eigenvalue weighted by molar-refractivity contribution is 0.464. The van der Waals surface area contributed by atoms with E-state index >= 15 is 0 Å². The predicted molar refractivity (Wildman–Crippen MR) is 77.9 cm³/mol. The fourth-order valence-corrected chi connectivity index (χ4v) is 2.16. The van der Waals surface area contributed by atoms with Gasteiger partial charge in [-0.1, -0.05) is 22.0 Å². The summed E-state index contributed by atoms with van der Waals surface area (Å²) in [5, 5.41) is 9.00. The first-order valence-corrected chi connectivity index (χ1v) is 6.73. The number of nitrogens with two attached hydrogens (primary N) is 1. The first kappa shape index (κ1) is 14.5. The van der Waals surface area contributed by atoms with Crippen LogP contribution in [0, 0.1) is 17.1 Å². The van der Waals surface area contributed by atoms with Crippen molar-refractivity contribution in [1.82, 2.24) is 0 Å². The normalized spacial score (nSPS) is 11.8. The van der Waals surface area contributed by atoms with Crippen LogP contribution in [0.5, 0.6) is 11.5 Å². The number of halogens is 2. The van der Waals surface area contributed by atoms with Gasteiger partial charge in [-0.3, -0.25) is 0 Å². The van der Waals surface area contributed by atoms with E-state index in [0.717, 1.165) is 10.0 Å². The van der Waals surface area contributed by atoms with Gasteiger partial charge in [0, 0.05) is 16.1 Å². The molecule has 0 bridgehead atoms. The lowest BCUT2D eigenvalue weighted by Gasteiger charge is -2.15. The van der Waals surface area contributed by atoms with Gasteiger partial charge in [0.15, 0.2) is 0 Å². The van der Waals surface area contributed by atoms with Gasteiger partial charge < -0.3 is 10.5 Å². The summed E-state index contributed by atoms with van der Waals surface area (Å²) in [4.78, 5) is 0. The van der Waals surface area contributed by atoms with E-state index in [2.05, 4.69) is 15.9 Å². The third kappa shape index (κ3) is 2.98. The molecule has 0 fully saturated rings. The van der Waals surface area contributed by atoms with Crippen LogP contribution in [-0.2, 0) is 0 Å². The van der Waals surface area contributed by atoms with Gasteiger partial charge in [-0.05, 0) is 37.3 Å². The molecule has 0 radical (unpaired) electrons. The van der Waals surface area contributed by atoms with Gasteiger partial charge in [0.1, 0.15) is 28.9 Å². The molecular formula is C15H12BrFN2O. The molecule has 1 unspecified atom stereocenters. The van der Waals surface area contributed by atoms with Gasteiger partial charge in [0.25, 0.3) is 0 Å². The van der Waals surface area contributed by atoms with E-state index in [9.17, 15) is 4.39 Å². The monoisotopic (exact) mass is 334 g/mol. The molecule has 3 nitrogen and oxygen atoms in total. The number of hydrogen-bond acceptors (Lipinski definition) is 3. The Kier molecular flexibility index (Phi) is 4.38. The van der Waals surface area contributed by atoms with Crippen molar-refractivity contribution < 1.29 is 9.13 Å². The highest BCUT2D eigenvalue weighted by Crippen LogP contribution is 2.33. The molecule has 0 aliphatic rings. The maximum atomic E-state index is 13.5. The molecule has 0 aromatic heterocycles. The predicted octanol–water partition coefficient (Wildman–Crippen LogP) is 4.27. The zero-order valence-electron chi connectivity index (χ0n) is 10.7. The number of hydrogen-bond donors (Lipinski definition) is 1. The zero-order valence-corrected chi connectivity index (χ0v) is 12.3. The summed E-state index contributed by atoms with van der Waals surface area (Å²) >= 11 is 3.37. The van der Waals surface area contributed by atoms with Crippen molar-refractivity contribution in [2.75, 3.05) is 0 Å². The van der Waals surface area contributed by atoms with E-state index in [-0.39, 0.29) is 17.4 Å². The van der Waals surface area contributed by atoms with Crippen molar-refractivity contribution in [2.45, 2.75) is 13.0 Å². The molecule has 0 amide bonds. The molecule has 2 rings (SSSR count). The van der Waals surface area contributed by atoms with Crippen LogP contribution in [0.25, 0.3) is 0 Å². The Balaban J connectivity index is 2.46. The van der Waals surface area contributed by atoms with Crippen molar-refractivity contribution in [3.63, 3.8) is 0 Å². The van der Waals surface area contributed by atoms with E-state index < -0.39 is 5.82 Å². The van der Waals surface area contributed by atoms with Crippen molar-refractivity contribution in [2.24, 2.45) is 5.73 Å². The van der Waals surface area contributed by atoms with E-state index in [1.165, 1.54) is 12.1 Å². The van der Waals surface area contributed by atoms with E-state index in [1.54, 1.807) is 24.3 Å². The van der Waals surface area contributed by atoms with E-state index in [0.29, 0.717) is 5.75 Å². The van der Waals surface area contributed by atoms with Crippen molar-refractivity contribution >= 4 is 15.9 Å². The quantitative estimate of drug-likeness (QED) is 0.911. The average Bonchev–Trinajstić information content (AvgIpc) is 2.41. The molecule has 0 saturated heterocycles. The van der Waals surface area contributed by atoms with Crippen LogP contribution < -0.4 is 10.5 Å². The van der Waals surface area contributed by atoms with Crippen LogP contribution in [0.2, 0.25) is 0 Å². The van der Waals surface area contributed by atoms with Gasteiger partial charge in [0.05, 0.1) is 0 Å². The summed E-state index contributed by atoms with van der Waals surface area (Å²) < 4.78 is 20.1. The molecule has 102 valence electrons. The third-order valence-electron chi connectivity index (χ3n) is 2.77. The minimum absolute atomic E-state index is 0.119. The maximum absolute atomic E-state index is 13.5. The molecule has 2 aromatic carbocycles. The SMILES string of the molecule is CC(N)c1cc(Br)ccc1Oc1cccc(F)c1C#N. The van der Waals surface area contributed by atoms with Gasteiger partial charge in [-0.25, -0.2) is 4.39 Å². The summed E-state index contributed by atoms with van der Waals surface area (Å²) in [6.07, 6.45) is 0. The first-order chi connectivity index (χ1) is 9.52. The molecule has 0 heterocycles. The molecule has 2 N–H and O–H groups in total. The Bertz CT molecular complexity index is 680. The smallest absolute Gasteiger partial charge is 0.148 e. The van der Waals surface area contributed by atoms with Crippen molar-refractivity contribution in [1.29, 1.82) is 5.26 Å². The third-order valence-corrected chi connectivity index (χ3v) is 3.26. The van der Waals surface area contributed by atoms with Crippen LogP contribution in [0.15, 0.2) is 40.9 Å². The topological polar surface area (TPSA) is 59.0 Å². The minimum atomic E-state index is -0.607. The fraction of sp³-hybridized carbons (Fsp3) is 0.133. The number of nitriles is 1. The Morgan fingerprint density at radius 3 is 2.70 bits per heavy atom. The molecular weight excluding hydrogens is 323 g/mol. The largest absolute Gasteiger partial charge is 0.456 e. The van der Waals surface area contributed by atoms with Crippen LogP contribution >= 0.6 is 15.9 Å². The molecule has 0 aliphatic carbocycles. The Morgan fingerprint density at radius 2 is 2.05 bits per heavy atom. The molecule has 20 heavy (non-hydrogen) atoms. The lowest BCUT2D eigenvalue weighted by Crippen LogP contribution is -2.07. The summed E-state index contributed by atoms with van der Waals surface area (Å²) in [7, 11) is 0. The number of benzene rings is 2. The first-order valence-electron chi connectivity index (χ1n) is 5.94. The number of ether oxygens (including phenoxy) is 1. The van der Waals surface area contributed by atoms with Crippen LogP contribution in [-0.4, -0.2) is 0 Å². The van der Waals surface area contributed by atoms with Gasteiger partial charge >= 0.3 is 0 Å². The second kappa shape index (κ2) is 6.04. The van der Waals surface area contributed by atoms with Gasteiger partial charge in [0.2, 0.25) is 0 Å². The molecule has 2 aromatic rings. The second-order valence-electron chi connectivity index (χ2n) is 4.30. The van der Waals surface area contributed by atoms with Crippen molar-refractivity contribution in [3.8, 4) is 17.6 Å². The number of nitrogens with zero attached hydrogens (tertiary/aromatic N) is 1.